The lowest BCUT2D eigenvalue weighted by atomic mass is 10.0. The van der Waals surface area contributed by atoms with Crippen LogP contribution in [-0.4, -0.2) is 35.3 Å². The molecular formula is C19H24N6O2. The molecule has 3 rings (SSSR count). The second kappa shape index (κ2) is 8.39. The van der Waals surface area contributed by atoms with E-state index in [1.54, 1.807) is 26.5 Å². The maximum absolute atomic E-state index is 5.47. The number of aliphatic imine (C=N–C) groups is 1. The van der Waals surface area contributed by atoms with Crippen molar-refractivity contribution in [3.8, 4) is 17.3 Å². The summed E-state index contributed by atoms with van der Waals surface area (Å²) >= 11 is 0. The molecule has 0 bridgehead atoms. The predicted molar refractivity (Wildman–Crippen MR) is 104 cm³/mol. The molecule has 0 aliphatic heterocycles. The van der Waals surface area contributed by atoms with Crippen LogP contribution in [0.25, 0.3) is 11.6 Å². The van der Waals surface area contributed by atoms with Crippen LogP contribution in [0, 0.1) is 6.92 Å². The lowest BCUT2D eigenvalue weighted by Crippen LogP contribution is -2.38. The molecule has 2 heterocycles. The number of ether oxygens (including phenoxy) is 1. The number of hydrogen-bond acceptors (Lipinski definition) is 5. The molecule has 3 aromatic rings. The number of guanidine groups is 1. The summed E-state index contributed by atoms with van der Waals surface area (Å²) in [5.74, 6) is 3.33. The van der Waals surface area contributed by atoms with Crippen molar-refractivity contribution in [3.05, 3.63) is 53.5 Å². The fraction of sp³-hybridized carbons (Fsp3) is 0.316. The summed E-state index contributed by atoms with van der Waals surface area (Å²) in [6, 6.07) is 9.75. The molecule has 142 valence electrons. The third kappa shape index (κ3) is 4.46. The number of benzene rings is 1. The topological polar surface area (TPSA) is 100 Å². The molecule has 0 spiro atoms. The van der Waals surface area contributed by atoms with E-state index in [-0.39, 0.29) is 6.04 Å². The standard InChI is InChI=1S/C19H24N6O2/c1-12-7-8-15(26-4)14(10-12)13(2)22-19(20-3)21-11-17-23-18(25-24-17)16-6-5-9-27-16/h5-10,13H,11H2,1-4H3,(H2,20,21,22)(H,23,24,25). The normalized spacial score (nSPS) is 12.7. The minimum atomic E-state index is 0.0134. The fourth-order valence-corrected chi connectivity index (χ4v) is 2.73. The van der Waals surface area contributed by atoms with Gasteiger partial charge in [-0.2, -0.15) is 0 Å². The zero-order valence-electron chi connectivity index (χ0n) is 15.9. The van der Waals surface area contributed by atoms with Crippen LogP contribution in [0.15, 0.2) is 46.0 Å². The number of aromatic nitrogens is 3. The number of rotatable bonds is 6. The molecule has 0 fully saturated rings. The molecule has 8 nitrogen and oxygen atoms in total. The molecule has 1 atom stereocenters. The summed E-state index contributed by atoms with van der Waals surface area (Å²) in [5, 5.41) is 13.7. The van der Waals surface area contributed by atoms with Crippen LogP contribution in [0.4, 0.5) is 0 Å². The van der Waals surface area contributed by atoms with Gasteiger partial charge in [0.2, 0.25) is 5.82 Å². The van der Waals surface area contributed by atoms with Crippen LogP contribution in [0.3, 0.4) is 0 Å². The molecule has 2 aromatic heterocycles. The number of aryl methyl sites for hydroxylation is 1. The van der Waals surface area contributed by atoms with E-state index in [4.69, 9.17) is 9.15 Å². The van der Waals surface area contributed by atoms with Crippen molar-refractivity contribution in [1.82, 2.24) is 25.8 Å². The van der Waals surface area contributed by atoms with Gasteiger partial charge in [0.15, 0.2) is 11.7 Å². The van der Waals surface area contributed by atoms with Crippen molar-refractivity contribution in [2.45, 2.75) is 26.4 Å². The molecule has 0 aliphatic carbocycles. The molecule has 0 aliphatic rings. The average Bonchev–Trinajstić information content (AvgIpc) is 3.36. The monoisotopic (exact) mass is 368 g/mol. The zero-order valence-corrected chi connectivity index (χ0v) is 15.9. The first-order valence-corrected chi connectivity index (χ1v) is 8.67. The van der Waals surface area contributed by atoms with E-state index in [9.17, 15) is 0 Å². The Morgan fingerprint density at radius 2 is 2.22 bits per heavy atom. The van der Waals surface area contributed by atoms with Gasteiger partial charge in [0.05, 0.1) is 26.0 Å². The number of H-pyrrole nitrogens is 1. The number of aromatic amines is 1. The summed E-state index contributed by atoms with van der Waals surface area (Å²) in [6.45, 7) is 4.57. The Bertz CT molecular complexity index is 901. The molecule has 8 heteroatoms. The van der Waals surface area contributed by atoms with E-state index in [0.29, 0.717) is 29.9 Å². The van der Waals surface area contributed by atoms with E-state index in [0.717, 1.165) is 11.3 Å². The van der Waals surface area contributed by atoms with Gasteiger partial charge >= 0.3 is 0 Å². The maximum Gasteiger partial charge on any atom is 0.216 e. The number of methoxy groups -OCH3 is 1. The Kier molecular flexibility index (Phi) is 5.75. The zero-order chi connectivity index (χ0) is 19.2. The smallest absolute Gasteiger partial charge is 0.216 e. The fourth-order valence-electron chi connectivity index (χ4n) is 2.73. The molecule has 3 N–H and O–H groups in total. The minimum absolute atomic E-state index is 0.0134. The summed E-state index contributed by atoms with van der Waals surface area (Å²) in [4.78, 5) is 8.69. The maximum atomic E-state index is 5.47. The quantitative estimate of drug-likeness (QED) is 0.457. The Hall–Kier alpha value is -3.29. The first-order valence-electron chi connectivity index (χ1n) is 8.67. The lowest BCUT2D eigenvalue weighted by Gasteiger charge is -2.20. The highest BCUT2D eigenvalue weighted by Crippen LogP contribution is 2.26. The van der Waals surface area contributed by atoms with Crippen molar-refractivity contribution in [3.63, 3.8) is 0 Å². The van der Waals surface area contributed by atoms with E-state index in [1.165, 1.54) is 5.56 Å². The predicted octanol–water partition coefficient (Wildman–Crippen LogP) is 2.81. The largest absolute Gasteiger partial charge is 0.496 e. The van der Waals surface area contributed by atoms with Crippen LogP contribution in [-0.2, 0) is 6.54 Å². The van der Waals surface area contributed by atoms with Gasteiger partial charge in [-0.15, -0.1) is 5.10 Å². The molecule has 1 aromatic carbocycles. The van der Waals surface area contributed by atoms with E-state index < -0.39 is 0 Å². The number of furan rings is 1. The Morgan fingerprint density at radius 1 is 1.37 bits per heavy atom. The number of nitrogens with zero attached hydrogens (tertiary/aromatic N) is 3. The second-order valence-corrected chi connectivity index (χ2v) is 6.12. The van der Waals surface area contributed by atoms with Gasteiger partial charge in [0.25, 0.3) is 0 Å². The average molecular weight is 368 g/mol. The van der Waals surface area contributed by atoms with Crippen LogP contribution < -0.4 is 15.4 Å². The van der Waals surface area contributed by atoms with E-state index >= 15 is 0 Å². The number of nitrogens with one attached hydrogen (secondary N) is 3. The Morgan fingerprint density at radius 3 is 2.93 bits per heavy atom. The van der Waals surface area contributed by atoms with E-state index in [1.807, 2.05) is 18.2 Å². The van der Waals surface area contributed by atoms with Gasteiger partial charge in [-0.05, 0) is 32.0 Å². The molecule has 0 amide bonds. The van der Waals surface area contributed by atoms with Crippen molar-refractivity contribution in [1.29, 1.82) is 0 Å². The summed E-state index contributed by atoms with van der Waals surface area (Å²) < 4.78 is 10.8. The highest BCUT2D eigenvalue weighted by Gasteiger charge is 2.14. The Balaban J connectivity index is 1.62. The van der Waals surface area contributed by atoms with Crippen LogP contribution >= 0.6 is 0 Å². The molecule has 0 radical (unpaired) electrons. The van der Waals surface area contributed by atoms with Gasteiger partial charge in [-0.25, -0.2) is 4.98 Å². The highest BCUT2D eigenvalue weighted by atomic mass is 16.5. The highest BCUT2D eigenvalue weighted by molar-refractivity contribution is 5.80. The van der Waals surface area contributed by atoms with Crippen molar-refractivity contribution >= 4 is 5.96 Å². The van der Waals surface area contributed by atoms with Crippen LogP contribution in [0.1, 0.15) is 29.9 Å². The van der Waals surface area contributed by atoms with Gasteiger partial charge in [0.1, 0.15) is 11.6 Å². The third-order valence-electron chi connectivity index (χ3n) is 4.13. The second-order valence-electron chi connectivity index (χ2n) is 6.12. The Labute approximate surface area is 158 Å². The van der Waals surface area contributed by atoms with Crippen LogP contribution in [0.5, 0.6) is 5.75 Å². The summed E-state index contributed by atoms with van der Waals surface area (Å²) in [5.41, 5.74) is 2.25. The van der Waals surface area contributed by atoms with Crippen molar-refractivity contribution < 1.29 is 9.15 Å². The van der Waals surface area contributed by atoms with Crippen LogP contribution in [0.2, 0.25) is 0 Å². The molecule has 1 unspecified atom stereocenters. The molecular weight excluding hydrogens is 344 g/mol. The molecule has 0 saturated carbocycles. The number of hydrogen-bond donors (Lipinski definition) is 3. The SMILES string of the molecule is CN=C(NCc1nc(-c2ccco2)n[nH]1)NC(C)c1cc(C)ccc1OC. The van der Waals surface area contributed by atoms with E-state index in [2.05, 4.69) is 50.7 Å². The first-order chi connectivity index (χ1) is 13.1. The summed E-state index contributed by atoms with van der Waals surface area (Å²) in [7, 11) is 3.40. The van der Waals surface area contributed by atoms with Gasteiger partial charge in [-0.1, -0.05) is 17.7 Å². The van der Waals surface area contributed by atoms with Gasteiger partial charge in [0, 0.05) is 12.6 Å². The van der Waals surface area contributed by atoms with Gasteiger partial charge < -0.3 is 19.8 Å². The molecule has 27 heavy (non-hydrogen) atoms. The molecule has 0 saturated heterocycles. The van der Waals surface area contributed by atoms with Gasteiger partial charge in [-0.3, -0.25) is 10.1 Å². The third-order valence-corrected chi connectivity index (χ3v) is 4.13. The lowest BCUT2D eigenvalue weighted by molar-refractivity contribution is 0.405. The first kappa shape index (κ1) is 18.5. The minimum Gasteiger partial charge on any atom is -0.496 e. The van der Waals surface area contributed by atoms with Crippen molar-refractivity contribution in [2.24, 2.45) is 4.99 Å². The van der Waals surface area contributed by atoms with Crippen molar-refractivity contribution in [2.75, 3.05) is 14.2 Å². The summed E-state index contributed by atoms with van der Waals surface area (Å²) in [6.07, 6.45) is 1.59.